The summed E-state index contributed by atoms with van der Waals surface area (Å²) in [7, 11) is 0. The van der Waals surface area contributed by atoms with E-state index in [9.17, 15) is 0 Å². The van der Waals surface area contributed by atoms with Crippen LogP contribution in [0.4, 0.5) is 0 Å². The van der Waals surface area contributed by atoms with Crippen molar-refractivity contribution in [2.24, 2.45) is 0 Å². The third-order valence-corrected chi connectivity index (χ3v) is 4.17. The normalized spacial score (nSPS) is 21.0. The Hall–Kier alpha value is -1.09. The second-order valence-electron chi connectivity index (χ2n) is 5.89. The molecule has 2 rings (SSSR count). The van der Waals surface area contributed by atoms with Crippen LogP contribution < -0.4 is 4.74 Å². The van der Waals surface area contributed by atoms with Crippen LogP contribution in [-0.2, 0) is 0 Å². The number of rotatable bonds is 5. The minimum atomic E-state index is -0.0587. The largest absolute Gasteiger partial charge is 0.471 e. The van der Waals surface area contributed by atoms with Gasteiger partial charge in [-0.2, -0.15) is 0 Å². The smallest absolute Gasteiger partial charge is 0.213 e. The Labute approximate surface area is 117 Å². The van der Waals surface area contributed by atoms with E-state index in [0.717, 1.165) is 31.8 Å². The lowest BCUT2D eigenvalue weighted by molar-refractivity contribution is 0.00161. The zero-order valence-corrected chi connectivity index (χ0v) is 12.4. The molecule has 1 atom stereocenters. The van der Waals surface area contributed by atoms with Crippen LogP contribution in [-0.4, -0.2) is 34.6 Å². The van der Waals surface area contributed by atoms with Gasteiger partial charge >= 0.3 is 0 Å². The molecule has 3 heteroatoms. The highest BCUT2D eigenvalue weighted by molar-refractivity contribution is 5.11. The van der Waals surface area contributed by atoms with Gasteiger partial charge < -0.3 is 9.64 Å². The third kappa shape index (κ3) is 3.93. The molecule has 0 amide bonds. The minimum absolute atomic E-state index is 0.0587. The molecule has 1 aliphatic heterocycles. The van der Waals surface area contributed by atoms with Gasteiger partial charge in [-0.25, -0.2) is 4.98 Å². The summed E-state index contributed by atoms with van der Waals surface area (Å²) in [6, 6.07) is 6.54. The number of hydrogen-bond acceptors (Lipinski definition) is 3. The van der Waals surface area contributed by atoms with Gasteiger partial charge in [-0.3, -0.25) is 0 Å². The summed E-state index contributed by atoms with van der Waals surface area (Å²) in [6.07, 6.45) is 6.50. The molecule has 1 saturated heterocycles. The highest BCUT2D eigenvalue weighted by Gasteiger charge is 2.33. The Morgan fingerprint density at radius 1 is 1.37 bits per heavy atom. The molecule has 0 aliphatic carbocycles. The van der Waals surface area contributed by atoms with Gasteiger partial charge in [-0.15, -0.1) is 0 Å². The van der Waals surface area contributed by atoms with Gasteiger partial charge in [0.1, 0.15) is 5.60 Å². The molecule has 1 aromatic rings. The van der Waals surface area contributed by atoms with Gasteiger partial charge in [-0.05, 0) is 39.2 Å². The van der Waals surface area contributed by atoms with Crippen molar-refractivity contribution in [2.45, 2.75) is 58.1 Å². The Morgan fingerprint density at radius 2 is 2.11 bits per heavy atom. The quantitative estimate of drug-likeness (QED) is 0.812. The fourth-order valence-corrected chi connectivity index (χ4v) is 2.80. The van der Waals surface area contributed by atoms with E-state index in [2.05, 4.69) is 30.7 Å². The van der Waals surface area contributed by atoms with Gasteiger partial charge in [0, 0.05) is 31.4 Å². The minimum Gasteiger partial charge on any atom is -0.471 e. The first-order chi connectivity index (χ1) is 9.13. The second-order valence-corrected chi connectivity index (χ2v) is 5.89. The van der Waals surface area contributed by atoms with E-state index in [4.69, 9.17) is 4.74 Å². The van der Waals surface area contributed by atoms with E-state index >= 15 is 0 Å². The highest BCUT2D eigenvalue weighted by atomic mass is 16.5. The van der Waals surface area contributed by atoms with Crippen molar-refractivity contribution in [2.75, 3.05) is 13.1 Å². The van der Waals surface area contributed by atoms with Crippen LogP contribution in [0.3, 0.4) is 0 Å². The maximum Gasteiger partial charge on any atom is 0.213 e. The molecule has 0 spiro atoms. The first-order valence-electron chi connectivity index (χ1n) is 7.47. The molecule has 2 heterocycles. The van der Waals surface area contributed by atoms with E-state index in [1.807, 2.05) is 18.2 Å². The lowest BCUT2D eigenvalue weighted by Gasteiger charge is -2.41. The highest BCUT2D eigenvalue weighted by Crippen LogP contribution is 2.28. The van der Waals surface area contributed by atoms with Crippen molar-refractivity contribution in [3.8, 4) is 5.88 Å². The Kier molecular flexibility index (Phi) is 4.81. The number of piperidine rings is 1. The van der Waals surface area contributed by atoms with E-state index in [0.29, 0.717) is 6.04 Å². The number of nitrogens with zero attached hydrogens (tertiary/aromatic N) is 2. The van der Waals surface area contributed by atoms with Crippen LogP contribution >= 0.6 is 0 Å². The SMILES string of the molecule is CCCC(C)N1CCC(C)(Oc2ccccn2)CC1. The predicted octanol–water partition coefficient (Wildman–Crippen LogP) is 3.50. The van der Waals surface area contributed by atoms with Gasteiger partial charge in [0.15, 0.2) is 0 Å². The molecule has 1 fully saturated rings. The molecule has 0 bridgehead atoms. The van der Waals surface area contributed by atoms with Crippen molar-refractivity contribution < 1.29 is 4.74 Å². The van der Waals surface area contributed by atoms with Crippen LogP contribution in [0.1, 0.15) is 46.5 Å². The zero-order chi connectivity index (χ0) is 13.7. The molecule has 1 unspecified atom stereocenters. The maximum absolute atomic E-state index is 6.09. The number of likely N-dealkylation sites (tertiary alicyclic amines) is 1. The summed E-state index contributed by atoms with van der Waals surface area (Å²) in [5.74, 6) is 0.750. The van der Waals surface area contributed by atoms with Gasteiger partial charge in [0.25, 0.3) is 0 Å². The molecule has 106 valence electrons. The van der Waals surface area contributed by atoms with Crippen molar-refractivity contribution in [1.82, 2.24) is 9.88 Å². The lowest BCUT2D eigenvalue weighted by atomic mass is 9.92. The number of aromatic nitrogens is 1. The topological polar surface area (TPSA) is 25.4 Å². The van der Waals surface area contributed by atoms with Crippen molar-refractivity contribution in [3.05, 3.63) is 24.4 Å². The molecule has 0 radical (unpaired) electrons. The number of pyridine rings is 1. The van der Waals surface area contributed by atoms with Crippen molar-refractivity contribution in [3.63, 3.8) is 0 Å². The monoisotopic (exact) mass is 262 g/mol. The number of ether oxygens (including phenoxy) is 1. The second kappa shape index (κ2) is 6.38. The van der Waals surface area contributed by atoms with E-state index in [1.54, 1.807) is 6.20 Å². The predicted molar refractivity (Wildman–Crippen MR) is 78.4 cm³/mol. The zero-order valence-electron chi connectivity index (χ0n) is 12.4. The van der Waals surface area contributed by atoms with E-state index in [1.165, 1.54) is 12.8 Å². The van der Waals surface area contributed by atoms with E-state index in [-0.39, 0.29) is 5.60 Å². The molecular weight excluding hydrogens is 236 g/mol. The van der Waals surface area contributed by atoms with Crippen LogP contribution in [0, 0.1) is 0 Å². The summed E-state index contributed by atoms with van der Waals surface area (Å²) in [6.45, 7) is 9.07. The summed E-state index contributed by atoms with van der Waals surface area (Å²) in [5, 5.41) is 0. The van der Waals surface area contributed by atoms with Gasteiger partial charge in [-0.1, -0.05) is 19.4 Å². The molecule has 19 heavy (non-hydrogen) atoms. The fraction of sp³-hybridized carbons (Fsp3) is 0.688. The third-order valence-electron chi connectivity index (χ3n) is 4.17. The van der Waals surface area contributed by atoms with E-state index < -0.39 is 0 Å². The first kappa shape index (κ1) is 14.3. The lowest BCUT2D eigenvalue weighted by Crippen LogP contribution is -2.48. The summed E-state index contributed by atoms with van der Waals surface area (Å²) in [4.78, 5) is 6.86. The fourth-order valence-electron chi connectivity index (χ4n) is 2.80. The number of hydrogen-bond donors (Lipinski definition) is 0. The maximum atomic E-state index is 6.09. The van der Waals surface area contributed by atoms with Crippen LogP contribution in [0.2, 0.25) is 0 Å². The average molecular weight is 262 g/mol. The molecule has 1 aromatic heterocycles. The van der Waals surface area contributed by atoms with Crippen molar-refractivity contribution in [1.29, 1.82) is 0 Å². The first-order valence-corrected chi connectivity index (χ1v) is 7.47. The van der Waals surface area contributed by atoms with Crippen molar-refractivity contribution >= 4 is 0 Å². The van der Waals surface area contributed by atoms with Gasteiger partial charge in [0.05, 0.1) is 0 Å². The molecule has 3 nitrogen and oxygen atoms in total. The molecule has 0 aromatic carbocycles. The molecular formula is C16H26N2O. The molecule has 1 aliphatic rings. The van der Waals surface area contributed by atoms with Gasteiger partial charge in [0.2, 0.25) is 5.88 Å². The molecule has 0 saturated carbocycles. The average Bonchev–Trinajstić information content (AvgIpc) is 2.40. The van der Waals surface area contributed by atoms with Crippen LogP contribution in [0.5, 0.6) is 5.88 Å². The van der Waals surface area contributed by atoms with Crippen LogP contribution in [0.25, 0.3) is 0 Å². The summed E-state index contributed by atoms with van der Waals surface area (Å²) in [5.41, 5.74) is -0.0587. The Balaban J connectivity index is 1.87. The Morgan fingerprint density at radius 3 is 2.68 bits per heavy atom. The summed E-state index contributed by atoms with van der Waals surface area (Å²) < 4.78 is 6.09. The standard InChI is InChI=1S/C16H26N2O/c1-4-7-14(2)18-12-9-16(3,10-13-18)19-15-8-5-6-11-17-15/h5-6,8,11,14H,4,7,9-10,12-13H2,1-3H3. The summed E-state index contributed by atoms with van der Waals surface area (Å²) >= 11 is 0. The Bertz CT molecular complexity index is 372. The molecule has 0 N–H and O–H groups in total. The van der Waals surface area contributed by atoms with Crippen LogP contribution in [0.15, 0.2) is 24.4 Å².